The van der Waals surface area contributed by atoms with E-state index in [-0.39, 0.29) is 25.6 Å². The van der Waals surface area contributed by atoms with Crippen LogP contribution in [0.3, 0.4) is 0 Å². The maximum Gasteiger partial charge on any atom is 0.472 e. The highest BCUT2D eigenvalue weighted by Crippen LogP contribution is 2.43. The summed E-state index contributed by atoms with van der Waals surface area (Å²) in [5.41, 5.74) is 0. The van der Waals surface area contributed by atoms with Crippen LogP contribution in [0.5, 0.6) is 0 Å². The molecule has 0 rings (SSSR count). The zero-order valence-corrected chi connectivity index (χ0v) is 45.5. The summed E-state index contributed by atoms with van der Waals surface area (Å²) in [5, 5.41) is 0. The summed E-state index contributed by atoms with van der Waals surface area (Å²) in [5.74, 6) is -0.800. The molecule has 0 bridgehead atoms. The van der Waals surface area contributed by atoms with Gasteiger partial charge in [-0.05, 0) is 51.4 Å². The van der Waals surface area contributed by atoms with Crippen LogP contribution in [0.4, 0.5) is 0 Å². The third-order valence-electron chi connectivity index (χ3n) is 12.4. The SMILES string of the molecule is CCCCCCC/C=C\C/C=C\C/C=C\CCCCCCCCC(=O)OC(COC(=O)CCCCCCCCCCCCCCCCCCCCCCCC)COP(=O)(O)OCC[N+](C)(C)C. The fourth-order valence-electron chi connectivity index (χ4n) is 8.02. The van der Waals surface area contributed by atoms with Gasteiger partial charge in [0.2, 0.25) is 0 Å². The number of allylic oxidation sites excluding steroid dienone is 6. The van der Waals surface area contributed by atoms with Crippen molar-refractivity contribution in [2.45, 2.75) is 270 Å². The minimum Gasteiger partial charge on any atom is -0.462 e. The summed E-state index contributed by atoms with van der Waals surface area (Å²) in [4.78, 5) is 35.6. The molecule has 394 valence electrons. The van der Waals surface area contributed by atoms with E-state index in [2.05, 4.69) is 50.3 Å². The van der Waals surface area contributed by atoms with Crippen molar-refractivity contribution in [1.29, 1.82) is 0 Å². The first-order valence-electron chi connectivity index (χ1n) is 28.2. The van der Waals surface area contributed by atoms with E-state index in [4.69, 9.17) is 18.5 Å². The lowest BCUT2D eigenvalue weighted by atomic mass is 10.0. The van der Waals surface area contributed by atoms with Crippen LogP contribution < -0.4 is 0 Å². The Bertz CT molecular complexity index is 1230. The minimum absolute atomic E-state index is 0.0300. The highest BCUT2D eigenvalue weighted by Gasteiger charge is 2.27. The molecule has 67 heavy (non-hydrogen) atoms. The van der Waals surface area contributed by atoms with E-state index >= 15 is 0 Å². The average Bonchev–Trinajstić information content (AvgIpc) is 3.29. The lowest BCUT2D eigenvalue weighted by molar-refractivity contribution is -0.870. The first kappa shape index (κ1) is 65.2. The number of carbonyl (C=O) groups excluding carboxylic acids is 2. The molecule has 0 radical (unpaired) electrons. The second kappa shape index (κ2) is 49.2. The largest absolute Gasteiger partial charge is 0.472 e. The summed E-state index contributed by atoms with van der Waals surface area (Å²) in [7, 11) is 1.48. The summed E-state index contributed by atoms with van der Waals surface area (Å²) >= 11 is 0. The summed E-state index contributed by atoms with van der Waals surface area (Å²) in [6.45, 7) is 4.44. The Morgan fingerprint density at radius 1 is 0.463 bits per heavy atom. The monoisotopic (exact) mass is 967 g/mol. The number of nitrogens with zero attached hydrogens (tertiary/aromatic N) is 1. The van der Waals surface area contributed by atoms with Crippen molar-refractivity contribution < 1.29 is 42.1 Å². The van der Waals surface area contributed by atoms with Gasteiger partial charge in [-0.3, -0.25) is 18.6 Å². The summed E-state index contributed by atoms with van der Waals surface area (Å²) in [6.07, 6.45) is 59.2. The molecule has 0 amide bonds. The lowest BCUT2D eigenvalue weighted by Gasteiger charge is -2.24. The molecular formula is C57H109NO8P+. The predicted molar refractivity (Wildman–Crippen MR) is 284 cm³/mol. The third-order valence-corrected chi connectivity index (χ3v) is 13.4. The van der Waals surface area contributed by atoms with Crippen LogP contribution >= 0.6 is 7.82 Å². The molecule has 9 nitrogen and oxygen atoms in total. The molecule has 0 aromatic carbocycles. The molecule has 0 aliphatic carbocycles. The highest BCUT2D eigenvalue weighted by atomic mass is 31.2. The van der Waals surface area contributed by atoms with Gasteiger partial charge in [-0.15, -0.1) is 0 Å². The second-order valence-electron chi connectivity index (χ2n) is 20.3. The topological polar surface area (TPSA) is 108 Å². The van der Waals surface area contributed by atoms with Crippen LogP contribution in [0.25, 0.3) is 0 Å². The van der Waals surface area contributed by atoms with Crippen molar-refractivity contribution in [3.05, 3.63) is 36.5 Å². The third kappa shape index (κ3) is 53.4. The van der Waals surface area contributed by atoms with E-state index in [1.165, 1.54) is 161 Å². The van der Waals surface area contributed by atoms with E-state index in [0.29, 0.717) is 23.9 Å². The molecule has 0 aliphatic rings. The maximum atomic E-state index is 12.8. The predicted octanol–water partition coefficient (Wildman–Crippen LogP) is 17.2. The van der Waals surface area contributed by atoms with Gasteiger partial charge in [-0.1, -0.05) is 237 Å². The minimum atomic E-state index is -4.39. The molecule has 0 saturated heterocycles. The van der Waals surface area contributed by atoms with E-state index in [0.717, 1.165) is 70.6 Å². The number of carbonyl (C=O) groups is 2. The number of esters is 2. The van der Waals surface area contributed by atoms with Crippen molar-refractivity contribution in [1.82, 2.24) is 0 Å². The van der Waals surface area contributed by atoms with E-state index in [9.17, 15) is 19.0 Å². The molecule has 1 N–H and O–H groups in total. The van der Waals surface area contributed by atoms with Crippen molar-refractivity contribution >= 4 is 19.8 Å². The van der Waals surface area contributed by atoms with Crippen LogP contribution in [-0.4, -0.2) is 74.9 Å². The highest BCUT2D eigenvalue weighted by molar-refractivity contribution is 7.47. The van der Waals surface area contributed by atoms with Crippen molar-refractivity contribution in [3.8, 4) is 0 Å². The number of hydrogen-bond donors (Lipinski definition) is 1. The molecule has 0 saturated carbocycles. The van der Waals surface area contributed by atoms with Crippen LogP contribution in [0.2, 0.25) is 0 Å². The number of quaternary nitrogens is 1. The Kier molecular flexibility index (Phi) is 47.9. The standard InChI is InChI=1S/C57H108NO8P/c1-6-8-10-12-14-16-18-20-22-24-26-28-30-31-33-35-37-39-41-43-45-47-49-56(59)63-53-55(54-65-67(61,62)64-52-51-58(3,4)5)66-57(60)50-48-46-44-42-40-38-36-34-32-29-27-25-23-21-19-17-15-13-11-9-7-2/h19,21,25,27,32,34,55H,6-18,20,22-24,26,28-31,33,35-54H2,1-5H3/p+1/b21-19-,27-25-,34-32-. The molecule has 2 unspecified atom stereocenters. The molecule has 0 heterocycles. The van der Waals surface area contributed by atoms with E-state index < -0.39 is 26.5 Å². The average molecular weight is 967 g/mol. The summed E-state index contributed by atoms with van der Waals surface area (Å²) < 4.78 is 34.5. The number of phosphoric ester groups is 1. The molecule has 0 aromatic heterocycles. The van der Waals surface area contributed by atoms with Crippen molar-refractivity contribution in [2.75, 3.05) is 47.5 Å². The number of rotatable bonds is 52. The quantitative estimate of drug-likeness (QED) is 0.0211. The smallest absolute Gasteiger partial charge is 0.462 e. The van der Waals surface area contributed by atoms with Gasteiger partial charge >= 0.3 is 19.8 Å². The van der Waals surface area contributed by atoms with Gasteiger partial charge in [-0.25, -0.2) is 4.57 Å². The number of phosphoric acid groups is 1. The van der Waals surface area contributed by atoms with Gasteiger partial charge in [0, 0.05) is 12.8 Å². The first-order chi connectivity index (χ1) is 32.5. The zero-order valence-electron chi connectivity index (χ0n) is 44.6. The van der Waals surface area contributed by atoms with Gasteiger partial charge in [0.25, 0.3) is 0 Å². The summed E-state index contributed by atoms with van der Waals surface area (Å²) in [6, 6.07) is 0. The molecule has 2 atom stereocenters. The maximum absolute atomic E-state index is 12.8. The second-order valence-corrected chi connectivity index (χ2v) is 21.8. The number of unbranched alkanes of at least 4 members (excludes halogenated alkanes) is 32. The van der Waals surface area contributed by atoms with Gasteiger partial charge < -0.3 is 18.9 Å². The molecule has 0 fully saturated rings. The molecule has 0 aromatic rings. The van der Waals surface area contributed by atoms with Crippen molar-refractivity contribution in [3.63, 3.8) is 0 Å². The van der Waals surface area contributed by atoms with Crippen LogP contribution in [0.1, 0.15) is 264 Å². The van der Waals surface area contributed by atoms with Gasteiger partial charge in [0.1, 0.15) is 19.8 Å². The normalized spacial score (nSPS) is 13.6. The lowest BCUT2D eigenvalue weighted by Crippen LogP contribution is -2.37. The van der Waals surface area contributed by atoms with Gasteiger partial charge in [0.05, 0.1) is 27.7 Å². The fourth-order valence-corrected chi connectivity index (χ4v) is 8.77. The van der Waals surface area contributed by atoms with Crippen LogP contribution in [0.15, 0.2) is 36.5 Å². The number of hydrogen-bond acceptors (Lipinski definition) is 7. The Balaban J connectivity index is 4.20. The first-order valence-corrected chi connectivity index (χ1v) is 29.7. The van der Waals surface area contributed by atoms with Crippen LogP contribution in [0, 0.1) is 0 Å². The fraction of sp³-hybridized carbons (Fsp3) is 0.860. The Morgan fingerprint density at radius 2 is 0.806 bits per heavy atom. The Morgan fingerprint density at radius 3 is 1.19 bits per heavy atom. The molecule has 10 heteroatoms. The zero-order chi connectivity index (χ0) is 49.2. The molecular weight excluding hydrogens is 858 g/mol. The number of ether oxygens (including phenoxy) is 2. The van der Waals surface area contributed by atoms with Crippen LogP contribution in [-0.2, 0) is 32.7 Å². The Labute approximate surface area is 414 Å². The Hall–Kier alpha value is -1.77. The molecule has 0 aliphatic heterocycles. The van der Waals surface area contributed by atoms with Gasteiger partial charge in [0.15, 0.2) is 6.10 Å². The van der Waals surface area contributed by atoms with E-state index in [1.807, 2.05) is 21.1 Å². The van der Waals surface area contributed by atoms with Gasteiger partial charge in [-0.2, -0.15) is 0 Å². The molecule has 0 spiro atoms. The number of likely N-dealkylation sites (N-methyl/N-ethyl adjacent to an activating group) is 1. The van der Waals surface area contributed by atoms with E-state index in [1.54, 1.807) is 0 Å². The van der Waals surface area contributed by atoms with Crippen molar-refractivity contribution in [2.24, 2.45) is 0 Å².